The van der Waals surface area contributed by atoms with Gasteiger partial charge in [0.15, 0.2) is 0 Å². The monoisotopic (exact) mass is 189 g/mol. The molecule has 2 heterocycles. The van der Waals surface area contributed by atoms with Crippen LogP contribution in [-0.2, 0) is 12.5 Å². The van der Waals surface area contributed by atoms with Crippen LogP contribution in [0.3, 0.4) is 0 Å². The summed E-state index contributed by atoms with van der Waals surface area (Å²) in [5.74, 6) is 0. The van der Waals surface area contributed by atoms with Gasteiger partial charge in [0, 0.05) is 13.2 Å². The lowest BCUT2D eigenvalue weighted by atomic mass is 9.88. The van der Waals surface area contributed by atoms with Crippen LogP contribution in [0.2, 0.25) is 0 Å². The summed E-state index contributed by atoms with van der Waals surface area (Å²) in [5.41, 5.74) is 3.29. The van der Waals surface area contributed by atoms with E-state index in [1.165, 1.54) is 5.56 Å². The molecule has 0 aromatic carbocycles. The van der Waals surface area contributed by atoms with Gasteiger partial charge in [0.1, 0.15) is 11.0 Å². The average molecular weight is 189 g/mol. The first kappa shape index (κ1) is 9.19. The first-order valence-corrected chi connectivity index (χ1v) is 4.77. The maximum atomic E-state index is 4.39. The zero-order valence-electron chi connectivity index (χ0n) is 9.07. The number of fused-ring (bicyclic) bond motifs is 1. The zero-order valence-corrected chi connectivity index (χ0v) is 9.07. The zero-order chi connectivity index (χ0) is 10.3. The molecule has 0 aliphatic carbocycles. The van der Waals surface area contributed by atoms with E-state index in [0.29, 0.717) is 0 Å². The van der Waals surface area contributed by atoms with Gasteiger partial charge in [0.05, 0.1) is 6.20 Å². The molecule has 0 N–H and O–H groups in total. The SMILES string of the molecule is Cn1cc2ncc(C(C)(C)C)cc2n1. The van der Waals surface area contributed by atoms with Gasteiger partial charge in [-0.25, -0.2) is 0 Å². The summed E-state index contributed by atoms with van der Waals surface area (Å²) in [6.45, 7) is 6.54. The summed E-state index contributed by atoms with van der Waals surface area (Å²) in [4.78, 5) is 4.39. The lowest BCUT2D eigenvalue weighted by molar-refractivity contribution is 0.588. The van der Waals surface area contributed by atoms with Crippen molar-refractivity contribution in [3.8, 4) is 0 Å². The molecule has 14 heavy (non-hydrogen) atoms. The molecule has 0 spiro atoms. The highest BCUT2D eigenvalue weighted by atomic mass is 15.2. The van der Waals surface area contributed by atoms with Gasteiger partial charge in [-0.2, -0.15) is 5.10 Å². The maximum Gasteiger partial charge on any atom is 0.111 e. The summed E-state index contributed by atoms with van der Waals surface area (Å²) in [5, 5.41) is 4.34. The minimum Gasteiger partial charge on any atom is -0.273 e. The van der Waals surface area contributed by atoms with Crippen LogP contribution >= 0.6 is 0 Å². The van der Waals surface area contributed by atoms with Crippen molar-refractivity contribution in [1.29, 1.82) is 0 Å². The molecule has 2 aromatic rings. The number of aryl methyl sites for hydroxylation is 1. The van der Waals surface area contributed by atoms with E-state index in [-0.39, 0.29) is 5.41 Å². The van der Waals surface area contributed by atoms with E-state index in [0.717, 1.165) is 11.0 Å². The molecule has 0 aliphatic rings. The predicted octanol–water partition coefficient (Wildman–Crippen LogP) is 2.27. The van der Waals surface area contributed by atoms with Crippen LogP contribution in [0.1, 0.15) is 26.3 Å². The van der Waals surface area contributed by atoms with Crippen LogP contribution in [0.5, 0.6) is 0 Å². The summed E-state index contributed by atoms with van der Waals surface area (Å²) >= 11 is 0. The van der Waals surface area contributed by atoms with Crippen molar-refractivity contribution < 1.29 is 0 Å². The number of hydrogen-bond acceptors (Lipinski definition) is 2. The molecule has 74 valence electrons. The smallest absolute Gasteiger partial charge is 0.111 e. The molecule has 0 bridgehead atoms. The van der Waals surface area contributed by atoms with E-state index in [4.69, 9.17) is 0 Å². The van der Waals surface area contributed by atoms with Crippen molar-refractivity contribution in [2.45, 2.75) is 26.2 Å². The number of aromatic nitrogens is 3. The third-order valence-electron chi connectivity index (χ3n) is 2.34. The second-order valence-corrected chi connectivity index (χ2v) is 4.68. The van der Waals surface area contributed by atoms with Crippen molar-refractivity contribution in [1.82, 2.24) is 14.8 Å². The van der Waals surface area contributed by atoms with E-state index >= 15 is 0 Å². The van der Waals surface area contributed by atoms with Gasteiger partial charge in [0.2, 0.25) is 0 Å². The second-order valence-electron chi connectivity index (χ2n) is 4.68. The van der Waals surface area contributed by atoms with Gasteiger partial charge >= 0.3 is 0 Å². The van der Waals surface area contributed by atoms with Gasteiger partial charge in [0.25, 0.3) is 0 Å². The van der Waals surface area contributed by atoms with Crippen LogP contribution in [0.4, 0.5) is 0 Å². The van der Waals surface area contributed by atoms with E-state index in [1.807, 2.05) is 19.4 Å². The second kappa shape index (κ2) is 2.80. The third kappa shape index (κ3) is 1.50. The molecule has 0 unspecified atom stereocenters. The molecule has 0 fully saturated rings. The quantitative estimate of drug-likeness (QED) is 0.636. The fourth-order valence-corrected chi connectivity index (χ4v) is 1.43. The first-order valence-electron chi connectivity index (χ1n) is 4.77. The van der Waals surface area contributed by atoms with Gasteiger partial charge in [-0.1, -0.05) is 20.8 Å². The Labute approximate surface area is 83.8 Å². The Balaban J connectivity index is 2.62. The van der Waals surface area contributed by atoms with Gasteiger partial charge in [-0.3, -0.25) is 9.67 Å². The molecule has 3 nitrogen and oxygen atoms in total. The molecule has 0 aliphatic heterocycles. The Morgan fingerprint density at radius 2 is 1.93 bits per heavy atom. The largest absolute Gasteiger partial charge is 0.273 e. The number of hydrogen-bond donors (Lipinski definition) is 0. The van der Waals surface area contributed by atoms with E-state index in [9.17, 15) is 0 Å². The van der Waals surface area contributed by atoms with Crippen LogP contribution in [0.15, 0.2) is 18.5 Å². The minimum atomic E-state index is 0.138. The van der Waals surface area contributed by atoms with Crippen LogP contribution in [0, 0.1) is 0 Å². The molecule has 0 radical (unpaired) electrons. The highest BCUT2D eigenvalue weighted by Crippen LogP contribution is 2.23. The summed E-state index contributed by atoms with van der Waals surface area (Å²) in [6, 6.07) is 2.11. The maximum absolute atomic E-state index is 4.39. The Bertz CT molecular complexity index is 463. The number of rotatable bonds is 0. The fourth-order valence-electron chi connectivity index (χ4n) is 1.43. The molecule has 3 heteroatoms. The standard InChI is InChI=1S/C11H15N3/c1-11(2,3)8-5-9-10(12-6-8)7-14(4)13-9/h5-7H,1-4H3. The van der Waals surface area contributed by atoms with Crippen molar-refractivity contribution in [3.05, 3.63) is 24.0 Å². The molecule has 0 saturated carbocycles. The Morgan fingerprint density at radius 1 is 1.21 bits per heavy atom. The van der Waals surface area contributed by atoms with Crippen LogP contribution < -0.4 is 0 Å². The first-order chi connectivity index (χ1) is 6.47. The highest BCUT2D eigenvalue weighted by Gasteiger charge is 2.15. The van der Waals surface area contributed by atoms with Gasteiger partial charge in [-0.05, 0) is 17.0 Å². The van der Waals surface area contributed by atoms with Crippen molar-refractivity contribution >= 4 is 11.0 Å². The highest BCUT2D eigenvalue weighted by molar-refractivity contribution is 5.74. The molecule has 2 rings (SSSR count). The Hall–Kier alpha value is -1.38. The fraction of sp³-hybridized carbons (Fsp3) is 0.455. The summed E-state index contributed by atoms with van der Waals surface area (Å²) in [7, 11) is 1.92. The van der Waals surface area contributed by atoms with E-state index in [2.05, 4.69) is 36.9 Å². The normalized spacial score (nSPS) is 12.3. The van der Waals surface area contributed by atoms with Gasteiger partial charge < -0.3 is 0 Å². The van der Waals surface area contributed by atoms with Crippen molar-refractivity contribution in [2.24, 2.45) is 7.05 Å². The molecule has 2 aromatic heterocycles. The lowest BCUT2D eigenvalue weighted by Gasteiger charge is -2.17. The lowest BCUT2D eigenvalue weighted by Crippen LogP contribution is -2.11. The molecular formula is C11H15N3. The Kier molecular flexibility index (Phi) is 1.84. The third-order valence-corrected chi connectivity index (χ3v) is 2.34. The van der Waals surface area contributed by atoms with Gasteiger partial charge in [-0.15, -0.1) is 0 Å². The molecule has 0 saturated heterocycles. The van der Waals surface area contributed by atoms with Crippen LogP contribution in [-0.4, -0.2) is 14.8 Å². The van der Waals surface area contributed by atoms with Crippen LogP contribution in [0.25, 0.3) is 11.0 Å². The van der Waals surface area contributed by atoms with E-state index < -0.39 is 0 Å². The van der Waals surface area contributed by atoms with E-state index in [1.54, 1.807) is 4.68 Å². The summed E-state index contributed by atoms with van der Waals surface area (Å²) in [6.07, 6.45) is 3.87. The predicted molar refractivity (Wildman–Crippen MR) is 57.2 cm³/mol. The minimum absolute atomic E-state index is 0.138. The van der Waals surface area contributed by atoms with Crippen molar-refractivity contribution in [3.63, 3.8) is 0 Å². The molecular weight excluding hydrogens is 174 g/mol. The topological polar surface area (TPSA) is 30.7 Å². The Morgan fingerprint density at radius 3 is 2.57 bits per heavy atom. The molecule has 0 atom stereocenters. The average Bonchev–Trinajstić information content (AvgIpc) is 2.41. The summed E-state index contributed by atoms with van der Waals surface area (Å²) < 4.78 is 1.80. The molecule has 0 amide bonds. The number of nitrogens with zero attached hydrogens (tertiary/aromatic N) is 3. The number of pyridine rings is 1. The van der Waals surface area contributed by atoms with Crippen molar-refractivity contribution in [2.75, 3.05) is 0 Å².